The van der Waals surface area contributed by atoms with Crippen molar-refractivity contribution < 1.29 is 16.8 Å². The molecule has 0 amide bonds. The highest BCUT2D eigenvalue weighted by Gasteiger charge is 2.32. The van der Waals surface area contributed by atoms with E-state index >= 15 is 0 Å². The summed E-state index contributed by atoms with van der Waals surface area (Å²) in [6, 6.07) is 6.99. The van der Waals surface area contributed by atoms with Crippen molar-refractivity contribution in [3.8, 4) is 6.07 Å². The van der Waals surface area contributed by atoms with Crippen molar-refractivity contribution in [1.29, 1.82) is 5.26 Å². The van der Waals surface area contributed by atoms with Crippen LogP contribution in [0.25, 0.3) is 0 Å². The highest BCUT2D eigenvalue weighted by molar-refractivity contribution is 7.92. The van der Waals surface area contributed by atoms with Gasteiger partial charge in [0.05, 0.1) is 22.0 Å². The lowest BCUT2D eigenvalue weighted by atomic mass is 10.2. The Bertz CT molecular complexity index is 732. The highest BCUT2D eigenvalue weighted by Crippen LogP contribution is 2.18. The largest absolute Gasteiger partial charge is 0.242 e. The van der Waals surface area contributed by atoms with Crippen LogP contribution in [0.2, 0.25) is 0 Å². The van der Waals surface area contributed by atoms with E-state index in [4.69, 9.17) is 5.26 Å². The molecule has 1 aromatic rings. The van der Waals surface area contributed by atoms with Crippen LogP contribution in [-0.4, -0.2) is 34.4 Å². The van der Waals surface area contributed by atoms with Crippen LogP contribution in [0.3, 0.4) is 0 Å². The number of hydrogen-bond acceptors (Lipinski definition) is 5. The fourth-order valence-electron chi connectivity index (χ4n) is 1.96. The molecule has 6 nitrogen and oxygen atoms in total. The first-order chi connectivity index (χ1) is 8.84. The molecule has 1 heterocycles. The smallest absolute Gasteiger partial charge is 0.229 e. The van der Waals surface area contributed by atoms with Crippen LogP contribution < -0.4 is 4.72 Å². The summed E-state index contributed by atoms with van der Waals surface area (Å²) in [6.45, 7) is 0. The molecule has 1 fully saturated rings. The molecule has 8 heteroatoms. The van der Waals surface area contributed by atoms with Gasteiger partial charge in [-0.3, -0.25) is 0 Å². The summed E-state index contributed by atoms with van der Waals surface area (Å²) in [6.07, 6.45) is 0.260. The molecule has 0 aliphatic carbocycles. The van der Waals surface area contributed by atoms with Crippen LogP contribution >= 0.6 is 0 Å². The Morgan fingerprint density at radius 1 is 1.32 bits per heavy atom. The molecule has 2 rings (SSSR count). The number of sulfone groups is 1. The fraction of sp³-hybridized carbons (Fsp3) is 0.364. The van der Waals surface area contributed by atoms with Crippen LogP contribution in [-0.2, 0) is 19.9 Å². The summed E-state index contributed by atoms with van der Waals surface area (Å²) < 4.78 is 49.2. The molecule has 0 unspecified atom stereocenters. The Labute approximate surface area is 112 Å². The molecule has 1 saturated heterocycles. The van der Waals surface area contributed by atoms with Crippen LogP contribution in [0, 0.1) is 11.3 Å². The van der Waals surface area contributed by atoms with Gasteiger partial charge in [0.1, 0.15) is 6.07 Å². The fourth-order valence-corrected chi connectivity index (χ4v) is 5.17. The van der Waals surface area contributed by atoms with Gasteiger partial charge < -0.3 is 0 Å². The number of sulfonamides is 1. The molecule has 1 N–H and O–H groups in total. The zero-order chi connectivity index (χ0) is 14.1. The van der Waals surface area contributed by atoms with Crippen molar-refractivity contribution in [2.45, 2.75) is 17.4 Å². The summed E-state index contributed by atoms with van der Waals surface area (Å²) in [5.41, 5.74) is 0.0378. The van der Waals surface area contributed by atoms with Gasteiger partial charge in [-0.05, 0) is 18.6 Å². The maximum atomic E-state index is 12.1. The maximum absolute atomic E-state index is 12.1. The second-order valence-electron chi connectivity index (χ2n) is 4.33. The molecular weight excluding hydrogens is 288 g/mol. The Morgan fingerprint density at radius 2 is 2.00 bits per heavy atom. The molecule has 0 aromatic heterocycles. The molecule has 0 bridgehead atoms. The number of nitrogens with zero attached hydrogens (tertiary/aromatic N) is 1. The predicted octanol–water partition coefficient (Wildman–Crippen LogP) is 0.0237. The monoisotopic (exact) mass is 300 g/mol. The van der Waals surface area contributed by atoms with E-state index in [0.717, 1.165) is 0 Å². The minimum Gasteiger partial charge on any atom is -0.229 e. The number of nitriles is 1. The number of benzene rings is 1. The molecular formula is C11H12N2O4S2. The van der Waals surface area contributed by atoms with E-state index in [9.17, 15) is 16.8 Å². The van der Waals surface area contributed by atoms with Gasteiger partial charge in [0.2, 0.25) is 10.0 Å². The second kappa shape index (κ2) is 4.92. The van der Waals surface area contributed by atoms with Gasteiger partial charge in [0.15, 0.2) is 9.84 Å². The van der Waals surface area contributed by atoms with Gasteiger partial charge in [-0.1, -0.05) is 12.1 Å². The number of nitrogens with one attached hydrogen (secondary N) is 1. The molecule has 102 valence electrons. The molecule has 0 radical (unpaired) electrons. The quantitative estimate of drug-likeness (QED) is 0.847. The van der Waals surface area contributed by atoms with Crippen LogP contribution in [0.5, 0.6) is 0 Å². The van der Waals surface area contributed by atoms with Gasteiger partial charge in [0, 0.05) is 6.04 Å². The van der Waals surface area contributed by atoms with Crippen molar-refractivity contribution in [3.63, 3.8) is 0 Å². The molecule has 19 heavy (non-hydrogen) atoms. The van der Waals surface area contributed by atoms with Crippen LogP contribution in [0.1, 0.15) is 12.0 Å². The van der Waals surface area contributed by atoms with Gasteiger partial charge in [-0.25, -0.2) is 21.6 Å². The van der Waals surface area contributed by atoms with Crippen molar-refractivity contribution in [1.82, 2.24) is 4.72 Å². The third kappa shape index (κ3) is 3.12. The lowest BCUT2D eigenvalue weighted by Gasteiger charge is -2.12. The Morgan fingerprint density at radius 3 is 2.58 bits per heavy atom. The van der Waals surface area contributed by atoms with Crippen molar-refractivity contribution >= 4 is 19.9 Å². The van der Waals surface area contributed by atoms with Gasteiger partial charge in [-0.15, -0.1) is 0 Å². The highest BCUT2D eigenvalue weighted by atomic mass is 32.2. The van der Waals surface area contributed by atoms with E-state index < -0.39 is 25.9 Å². The molecule has 1 aliphatic rings. The Hall–Kier alpha value is -1.43. The van der Waals surface area contributed by atoms with Gasteiger partial charge >= 0.3 is 0 Å². The number of rotatable bonds is 3. The average Bonchev–Trinajstić information content (AvgIpc) is 2.67. The van der Waals surface area contributed by atoms with Crippen molar-refractivity contribution in [2.75, 3.05) is 11.5 Å². The summed E-state index contributed by atoms with van der Waals surface area (Å²) >= 11 is 0. The van der Waals surface area contributed by atoms with Crippen molar-refractivity contribution in [3.05, 3.63) is 29.8 Å². The lowest BCUT2D eigenvalue weighted by molar-refractivity contribution is 0.562. The Balaban J connectivity index is 2.27. The Kier molecular flexibility index (Phi) is 3.62. The SMILES string of the molecule is N#Cc1ccccc1S(=O)(=O)N[C@H]1CCS(=O)(=O)C1. The second-order valence-corrected chi connectivity index (χ2v) is 8.24. The zero-order valence-electron chi connectivity index (χ0n) is 9.90. The zero-order valence-corrected chi connectivity index (χ0v) is 11.5. The van der Waals surface area contributed by atoms with Crippen LogP contribution in [0.15, 0.2) is 29.2 Å². The molecule has 0 saturated carbocycles. The van der Waals surface area contributed by atoms with Crippen LogP contribution in [0.4, 0.5) is 0 Å². The summed E-state index contributed by atoms with van der Waals surface area (Å²) in [4.78, 5) is -0.123. The summed E-state index contributed by atoms with van der Waals surface area (Å²) in [5.74, 6) is -0.207. The summed E-state index contributed by atoms with van der Waals surface area (Å²) in [7, 11) is -7.03. The molecule has 1 atom stereocenters. The van der Waals surface area contributed by atoms with E-state index in [1.54, 1.807) is 12.1 Å². The van der Waals surface area contributed by atoms with E-state index in [0.29, 0.717) is 0 Å². The lowest BCUT2D eigenvalue weighted by Crippen LogP contribution is -2.35. The standard InChI is InChI=1S/C11H12N2O4S2/c12-7-9-3-1-2-4-11(9)19(16,17)13-10-5-6-18(14,15)8-10/h1-4,10,13H,5-6,8H2/t10-/m0/s1. The minimum atomic E-state index is -3.87. The first-order valence-electron chi connectivity index (χ1n) is 5.56. The predicted molar refractivity (Wildman–Crippen MR) is 68.5 cm³/mol. The topological polar surface area (TPSA) is 104 Å². The van der Waals surface area contributed by atoms with E-state index in [1.165, 1.54) is 18.2 Å². The first kappa shape index (κ1) is 14.0. The van der Waals surface area contributed by atoms with Crippen molar-refractivity contribution in [2.24, 2.45) is 0 Å². The molecule has 0 spiro atoms. The van der Waals surface area contributed by atoms with Gasteiger partial charge in [-0.2, -0.15) is 5.26 Å². The average molecular weight is 300 g/mol. The van der Waals surface area contributed by atoms with Gasteiger partial charge in [0.25, 0.3) is 0 Å². The molecule has 1 aliphatic heterocycles. The molecule has 1 aromatic carbocycles. The summed E-state index contributed by atoms with van der Waals surface area (Å²) in [5, 5.41) is 8.89. The minimum absolute atomic E-state index is 0.0138. The third-order valence-electron chi connectivity index (χ3n) is 2.85. The number of hydrogen-bond donors (Lipinski definition) is 1. The van der Waals surface area contributed by atoms with E-state index in [2.05, 4.69) is 4.72 Å². The van der Waals surface area contributed by atoms with E-state index in [1.807, 2.05) is 0 Å². The third-order valence-corrected chi connectivity index (χ3v) is 6.20. The first-order valence-corrected chi connectivity index (χ1v) is 8.86. The maximum Gasteiger partial charge on any atom is 0.242 e. The van der Waals surface area contributed by atoms with E-state index in [-0.39, 0.29) is 28.4 Å². The normalized spacial score (nSPS) is 21.9.